The molecule has 340 valence electrons. The van der Waals surface area contributed by atoms with E-state index in [2.05, 4.69) is 5.16 Å². The molecule has 3 rings (SSSR count). The molecule has 58 heavy (non-hydrogen) atoms. The van der Waals surface area contributed by atoms with Gasteiger partial charge >= 0.3 is 5.97 Å². The molecule has 0 radical (unpaired) electrons. The average Bonchev–Trinajstić information content (AvgIpc) is 3.15. The molecule has 17 nitrogen and oxygen atoms in total. The summed E-state index contributed by atoms with van der Waals surface area (Å²) in [7, 11) is 6.76. The van der Waals surface area contributed by atoms with E-state index in [-0.39, 0.29) is 44.8 Å². The second kappa shape index (κ2) is 21.5. The first-order valence-electron chi connectivity index (χ1n) is 20.8. The van der Waals surface area contributed by atoms with Crippen LogP contribution in [0.4, 0.5) is 0 Å². The molecule has 0 aromatic rings. The molecule has 0 amide bonds. The van der Waals surface area contributed by atoms with Gasteiger partial charge in [-0.3, -0.25) is 4.79 Å². The highest BCUT2D eigenvalue weighted by Gasteiger charge is 2.53. The summed E-state index contributed by atoms with van der Waals surface area (Å²) < 4.78 is 48.1. The summed E-state index contributed by atoms with van der Waals surface area (Å²) in [6.07, 6.45) is -9.49. The highest BCUT2D eigenvalue weighted by molar-refractivity contribution is 5.88. The maximum atomic E-state index is 14.3. The van der Waals surface area contributed by atoms with Gasteiger partial charge in [-0.05, 0) is 74.9 Å². The lowest BCUT2D eigenvalue weighted by Gasteiger charge is -2.49. The molecule has 3 saturated heterocycles. The van der Waals surface area contributed by atoms with Gasteiger partial charge in [0.05, 0.1) is 66.6 Å². The molecule has 17 heteroatoms. The number of cyclic esters (lactones) is 1. The molecule has 0 bridgehead atoms. The van der Waals surface area contributed by atoms with Gasteiger partial charge in [-0.1, -0.05) is 32.9 Å². The van der Waals surface area contributed by atoms with Gasteiger partial charge in [0.1, 0.15) is 23.9 Å². The summed E-state index contributed by atoms with van der Waals surface area (Å²) in [6, 6.07) is -0.328. The molecule has 0 aromatic carbocycles. The van der Waals surface area contributed by atoms with Crippen molar-refractivity contribution >= 4 is 11.7 Å². The van der Waals surface area contributed by atoms with Crippen LogP contribution in [0.1, 0.15) is 94.9 Å². The lowest BCUT2D eigenvalue weighted by atomic mass is 9.73. The van der Waals surface area contributed by atoms with Crippen LogP contribution in [-0.4, -0.2) is 175 Å². The molecule has 0 unspecified atom stereocenters. The number of nitrogens with zero attached hydrogens (tertiary/aromatic N) is 2. The van der Waals surface area contributed by atoms with Crippen LogP contribution in [0, 0.1) is 23.7 Å². The molecule has 3 heterocycles. The Bertz CT molecular complexity index is 1300. The first-order chi connectivity index (χ1) is 27.0. The zero-order chi connectivity index (χ0) is 43.9. The van der Waals surface area contributed by atoms with Crippen molar-refractivity contribution in [1.29, 1.82) is 0 Å². The highest BCUT2D eigenvalue weighted by atomic mass is 16.7. The molecule has 3 aliphatic heterocycles. The lowest BCUT2D eigenvalue weighted by Crippen LogP contribution is -2.61. The Labute approximate surface area is 345 Å². The third-order valence-corrected chi connectivity index (χ3v) is 12.6. The number of ether oxygens (including phenoxy) is 8. The molecule has 3 aliphatic rings. The van der Waals surface area contributed by atoms with Crippen molar-refractivity contribution < 1.29 is 73.1 Å². The van der Waals surface area contributed by atoms with Crippen molar-refractivity contribution in [3.63, 3.8) is 0 Å². The van der Waals surface area contributed by atoms with Crippen LogP contribution in [0.2, 0.25) is 0 Å². The monoisotopic (exact) mass is 837 g/mol. The van der Waals surface area contributed by atoms with E-state index in [1.54, 1.807) is 55.6 Å². The predicted molar refractivity (Wildman–Crippen MR) is 212 cm³/mol. The van der Waals surface area contributed by atoms with Gasteiger partial charge in [-0.2, -0.15) is 0 Å². The standard InChI is InChI=1S/C41H76N2O15/c1-15-29-41(10,49)34(45)24(4)31(42-53-21-52-17-16-50-13)22(2)19-39(8,48)36(58-38-32(44)28(43(11)12)18-23(3)54-38)25(5)33(26(6)37(47)56-29)57-30-20-40(9,51-14)35(46)27(7)55-30/h22-30,32-36,38,44-46,48-49H,15-21H2,1-14H3/b42-31+/t22-,23-,24+,25-,26-,27+,28+,29-,30-,32+,33+,34-,35-,36+,38-,39-,40+,41-/m0/s1. The maximum Gasteiger partial charge on any atom is 0.311 e. The number of hydrogen-bond donors (Lipinski definition) is 5. The van der Waals surface area contributed by atoms with Crippen LogP contribution in [0.25, 0.3) is 0 Å². The number of aliphatic hydroxyl groups is 5. The van der Waals surface area contributed by atoms with Gasteiger partial charge in [-0.15, -0.1) is 0 Å². The largest absolute Gasteiger partial charge is 0.459 e. The van der Waals surface area contributed by atoms with Gasteiger partial charge < -0.3 is 73.2 Å². The fourth-order valence-electron chi connectivity index (χ4n) is 8.93. The summed E-state index contributed by atoms with van der Waals surface area (Å²) >= 11 is 0. The molecule has 3 fully saturated rings. The minimum Gasteiger partial charge on any atom is -0.459 e. The van der Waals surface area contributed by atoms with Crippen LogP contribution >= 0.6 is 0 Å². The SMILES string of the molecule is CC[C@@H]1OC(=O)[C@@H](C)[C@H](O[C@H]2C[C@@](C)(OC)[C@@H](O)[C@@H](C)O2)[C@H](C)[C@@H](O[C@@H]2O[C@@H](C)C[C@@H](N(C)C)[C@H]2O)[C@@](C)(O)C[C@H](C)/C(=N\OCOCCOC)[C@@H](C)[C@H](O)[C@@]1(C)O. The summed E-state index contributed by atoms with van der Waals surface area (Å²) in [5.41, 5.74) is -4.49. The van der Waals surface area contributed by atoms with E-state index >= 15 is 0 Å². The van der Waals surface area contributed by atoms with E-state index in [1.807, 2.05) is 32.8 Å². The number of likely N-dealkylation sites (N-methyl/N-ethyl adjacent to an activating group) is 1. The first kappa shape index (κ1) is 50.8. The quantitative estimate of drug-likeness (QED) is 0.0778. The van der Waals surface area contributed by atoms with Crippen LogP contribution < -0.4 is 0 Å². The van der Waals surface area contributed by atoms with E-state index in [0.29, 0.717) is 18.7 Å². The summed E-state index contributed by atoms with van der Waals surface area (Å²) in [6.45, 7) is 17.3. The number of methoxy groups -OCH3 is 2. The van der Waals surface area contributed by atoms with Crippen molar-refractivity contribution in [2.75, 3.05) is 48.3 Å². The topological polar surface area (TPSA) is 217 Å². The van der Waals surface area contributed by atoms with E-state index in [4.69, 9.17) is 42.7 Å². The van der Waals surface area contributed by atoms with Crippen LogP contribution in [0.3, 0.4) is 0 Å². The number of hydrogen-bond acceptors (Lipinski definition) is 17. The number of oxime groups is 1. The van der Waals surface area contributed by atoms with Crippen LogP contribution in [0.15, 0.2) is 5.16 Å². The number of carbonyl (C=O) groups excluding carboxylic acids is 1. The second-order valence-corrected chi connectivity index (χ2v) is 17.7. The summed E-state index contributed by atoms with van der Waals surface area (Å²) in [4.78, 5) is 21.8. The molecule has 0 spiro atoms. The maximum absolute atomic E-state index is 14.3. The smallest absolute Gasteiger partial charge is 0.311 e. The van der Waals surface area contributed by atoms with Crippen molar-refractivity contribution in [2.24, 2.45) is 28.8 Å². The van der Waals surface area contributed by atoms with E-state index < -0.39 is 102 Å². The first-order valence-corrected chi connectivity index (χ1v) is 20.8. The normalized spacial score (nSPS) is 45.8. The third kappa shape index (κ3) is 12.1. The summed E-state index contributed by atoms with van der Waals surface area (Å²) in [5.74, 6) is -4.14. The van der Waals surface area contributed by atoms with Gasteiger partial charge in [0.25, 0.3) is 0 Å². The van der Waals surface area contributed by atoms with Crippen molar-refractivity contribution in [2.45, 2.75) is 179 Å². The Hall–Kier alpha value is -1.58. The Morgan fingerprint density at radius 3 is 2.14 bits per heavy atom. The highest BCUT2D eigenvalue weighted by Crippen LogP contribution is 2.41. The van der Waals surface area contributed by atoms with Gasteiger partial charge in [-0.25, -0.2) is 0 Å². The Morgan fingerprint density at radius 2 is 1.55 bits per heavy atom. The average molecular weight is 837 g/mol. The van der Waals surface area contributed by atoms with Gasteiger partial charge in [0.2, 0.25) is 6.79 Å². The zero-order valence-electron chi connectivity index (χ0n) is 37.3. The molecule has 5 N–H and O–H groups in total. The van der Waals surface area contributed by atoms with Crippen LogP contribution in [0.5, 0.6) is 0 Å². The lowest BCUT2D eigenvalue weighted by molar-refractivity contribution is -0.317. The molecule has 0 saturated carbocycles. The number of carbonyl (C=O) groups is 1. The van der Waals surface area contributed by atoms with E-state index in [1.165, 1.54) is 14.0 Å². The minimum absolute atomic E-state index is 0.0307. The number of esters is 1. The third-order valence-electron chi connectivity index (χ3n) is 12.6. The Morgan fingerprint density at radius 1 is 0.897 bits per heavy atom. The van der Waals surface area contributed by atoms with E-state index in [9.17, 15) is 30.3 Å². The zero-order valence-corrected chi connectivity index (χ0v) is 37.3. The number of rotatable bonds is 13. The molecule has 0 aliphatic carbocycles. The fraction of sp³-hybridized carbons (Fsp3) is 0.951. The fourth-order valence-corrected chi connectivity index (χ4v) is 8.93. The molecule has 18 atom stereocenters. The van der Waals surface area contributed by atoms with Gasteiger partial charge in [0.15, 0.2) is 12.6 Å². The van der Waals surface area contributed by atoms with Crippen molar-refractivity contribution in [3.05, 3.63) is 0 Å². The van der Waals surface area contributed by atoms with E-state index in [0.717, 1.165) is 0 Å². The predicted octanol–water partition coefficient (Wildman–Crippen LogP) is 2.21. The second-order valence-electron chi connectivity index (χ2n) is 17.7. The molecular weight excluding hydrogens is 760 g/mol. The molecule has 0 aromatic heterocycles. The Balaban J connectivity index is 2.22. The minimum atomic E-state index is -1.97. The number of aliphatic hydroxyl groups excluding tert-OH is 3. The molecular formula is C41H76N2O15. The van der Waals surface area contributed by atoms with Gasteiger partial charge in [0, 0.05) is 44.4 Å². The van der Waals surface area contributed by atoms with Crippen molar-refractivity contribution in [3.8, 4) is 0 Å². The van der Waals surface area contributed by atoms with Crippen LogP contribution in [-0.2, 0) is 47.5 Å². The van der Waals surface area contributed by atoms with Crippen molar-refractivity contribution in [1.82, 2.24) is 4.90 Å². The summed E-state index contributed by atoms with van der Waals surface area (Å²) in [5, 5.41) is 63.6. The Kier molecular flexibility index (Phi) is 18.8.